The van der Waals surface area contributed by atoms with Gasteiger partial charge in [0, 0.05) is 32.7 Å². The highest BCUT2D eigenvalue weighted by Crippen LogP contribution is 2.40. The third-order valence-corrected chi connectivity index (χ3v) is 7.47. The van der Waals surface area contributed by atoms with Crippen molar-refractivity contribution in [2.75, 3.05) is 0 Å². The van der Waals surface area contributed by atoms with Crippen LogP contribution in [0.3, 0.4) is 0 Å². The van der Waals surface area contributed by atoms with E-state index in [1.165, 1.54) is 0 Å². The summed E-state index contributed by atoms with van der Waals surface area (Å²) in [4.78, 5) is 15.1. The second-order valence-electron chi connectivity index (χ2n) is 9.41. The molecular weight excluding hydrogens is 504 g/mol. The van der Waals surface area contributed by atoms with E-state index in [0.717, 1.165) is 54.9 Å². The Morgan fingerprint density at radius 1 is 0.538 bits per heavy atom. The Kier molecular flexibility index (Phi) is 4.81. The Balaban J connectivity index is 1.50. The minimum Gasteiger partial charge on any atom is -0.456 e. The Morgan fingerprint density at radius 3 is 1.90 bits per heavy atom. The number of para-hydroxylation sites is 3. The molecule has 3 aromatic heterocycles. The zero-order valence-corrected chi connectivity index (χ0v) is 21.3. The van der Waals surface area contributed by atoms with Gasteiger partial charge in [0.2, 0.25) is 5.95 Å². The van der Waals surface area contributed by atoms with Crippen molar-refractivity contribution in [2.45, 2.75) is 0 Å². The van der Waals surface area contributed by atoms with E-state index in [1.54, 1.807) is 0 Å². The fourth-order valence-electron chi connectivity index (χ4n) is 5.44. The van der Waals surface area contributed by atoms with Crippen molar-refractivity contribution in [3.8, 4) is 28.7 Å². The maximum atomic E-state index is 6.91. The maximum absolute atomic E-state index is 6.91. The van der Waals surface area contributed by atoms with Crippen molar-refractivity contribution in [1.29, 1.82) is 0 Å². The standard InChI is InChI=1S/C33H19ClN4O/c34-24-18-19-28-29(23-14-6-9-17-27(23)39-28)30(24)32-35-31(20-10-2-1-3-11-20)36-33(37-32)38-25-15-7-4-12-21(25)22-13-5-8-16-26(22)38/h1-19H. The summed E-state index contributed by atoms with van der Waals surface area (Å²) in [6.45, 7) is 0. The molecule has 0 unspecified atom stereocenters. The van der Waals surface area contributed by atoms with E-state index in [4.69, 9.17) is 31.0 Å². The quantitative estimate of drug-likeness (QED) is 0.232. The number of aromatic nitrogens is 4. The van der Waals surface area contributed by atoms with E-state index in [-0.39, 0.29) is 0 Å². The molecule has 0 bridgehead atoms. The van der Waals surface area contributed by atoms with Crippen LogP contribution in [-0.2, 0) is 0 Å². The number of halogens is 1. The molecule has 3 heterocycles. The van der Waals surface area contributed by atoms with Gasteiger partial charge in [-0.25, -0.2) is 4.98 Å². The molecule has 0 aliphatic rings. The van der Waals surface area contributed by atoms with E-state index in [9.17, 15) is 0 Å². The van der Waals surface area contributed by atoms with Crippen LogP contribution in [0, 0.1) is 0 Å². The summed E-state index contributed by atoms with van der Waals surface area (Å²) < 4.78 is 8.27. The van der Waals surface area contributed by atoms with Gasteiger partial charge >= 0.3 is 0 Å². The highest BCUT2D eigenvalue weighted by molar-refractivity contribution is 6.35. The summed E-state index contributed by atoms with van der Waals surface area (Å²) in [6.07, 6.45) is 0. The van der Waals surface area contributed by atoms with E-state index >= 15 is 0 Å². The lowest BCUT2D eigenvalue weighted by atomic mass is 10.1. The smallest absolute Gasteiger partial charge is 0.238 e. The van der Waals surface area contributed by atoms with E-state index in [0.29, 0.717) is 22.6 Å². The van der Waals surface area contributed by atoms with Gasteiger partial charge in [-0.05, 0) is 30.3 Å². The van der Waals surface area contributed by atoms with Crippen LogP contribution in [0.15, 0.2) is 120 Å². The third-order valence-electron chi connectivity index (χ3n) is 7.15. The van der Waals surface area contributed by atoms with Gasteiger partial charge in [0.15, 0.2) is 11.6 Å². The summed E-state index contributed by atoms with van der Waals surface area (Å²) in [7, 11) is 0. The van der Waals surface area contributed by atoms with Crippen molar-refractivity contribution in [3.05, 3.63) is 120 Å². The summed E-state index contributed by atoms with van der Waals surface area (Å²) in [5, 5.41) is 4.67. The molecule has 0 N–H and O–H groups in total. The number of rotatable bonds is 3. The number of furan rings is 1. The number of hydrogen-bond acceptors (Lipinski definition) is 4. The highest BCUT2D eigenvalue weighted by atomic mass is 35.5. The molecule has 0 aliphatic carbocycles. The zero-order chi connectivity index (χ0) is 25.9. The zero-order valence-electron chi connectivity index (χ0n) is 20.5. The molecule has 0 spiro atoms. The molecule has 0 amide bonds. The summed E-state index contributed by atoms with van der Waals surface area (Å²) >= 11 is 6.91. The topological polar surface area (TPSA) is 56.7 Å². The number of hydrogen-bond donors (Lipinski definition) is 0. The fraction of sp³-hybridized carbons (Fsp3) is 0. The monoisotopic (exact) mass is 522 g/mol. The molecule has 0 fully saturated rings. The molecule has 0 atom stereocenters. The number of benzene rings is 5. The maximum Gasteiger partial charge on any atom is 0.238 e. The van der Waals surface area contributed by atoms with Gasteiger partial charge in [-0.15, -0.1) is 0 Å². The largest absolute Gasteiger partial charge is 0.456 e. The molecule has 5 aromatic carbocycles. The molecule has 39 heavy (non-hydrogen) atoms. The van der Waals surface area contributed by atoms with Crippen LogP contribution in [0.4, 0.5) is 0 Å². The molecule has 0 saturated heterocycles. The molecule has 6 heteroatoms. The SMILES string of the molecule is Clc1ccc2oc3ccccc3c2c1-c1nc(-c2ccccc2)nc(-n2c3ccccc3c3ccccc32)n1. The van der Waals surface area contributed by atoms with Crippen molar-refractivity contribution in [3.63, 3.8) is 0 Å². The second-order valence-corrected chi connectivity index (χ2v) is 9.82. The van der Waals surface area contributed by atoms with E-state index < -0.39 is 0 Å². The first kappa shape index (κ1) is 22.0. The second kappa shape index (κ2) is 8.51. The van der Waals surface area contributed by atoms with Crippen molar-refractivity contribution in [2.24, 2.45) is 0 Å². The minimum atomic E-state index is 0.489. The van der Waals surface area contributed by atoms with E-state index in [1.807, 2.05) is 78.9 Å². The Hall–Kier alpha value is -5.00. The van der Waals surface area contributed by atoms with Gasteiger partial charge < -0.3 is 4.42 Å². The fourth-order valence-corrected chi connectivity index (χ4v) is 5.68. The van der Waals surface area contributed by atoms with Gasteiger partial charge in [0.25, 0.3) is 0 Å². The molecule has 8 rings (SSSR count). The Bertz CT molecular complexity index is 2140. The summed E-state index contributed by atoms with van der Waals surface area (Å²) in [6, 6.07) is 38.3. The predicted molar refractivity (Wildman–Crippen MR) is 157 cm³/mol. The molecular formula is C33H19ClN4O. The summed E-state index contributed by atoms with van der Waals surface area (Å²) in [5.74, 6) is 1.58. The lowest BCUT2D eigenvalue weighted by Crippen LogP contribution is -2.06. The van der Waals surface area contributed by atoms with Crippen molar-refractivity contribution in [1.82, 2.24) is 19.5 Å². The Labute approximate surface area is 228 Å². The lowest BCUT2D eigenvalue weighted by molar-refractivity contribution is 0.669. The van der Waals surface area contributed by atoms with Gasteiger partial charge in [-0.3, -0.25) is 4.57 Å². The molecule has 8 aromatic rings. The molecule has 184 valence electrons. The molecule has 0 aliphatic heterocycles. The molecule has 5 nitrogen and oxygen atoms in total. The van der Waals surface area contributed by atoms with Gasteiger partial charge in [0.05, 0.1) is 16.1 Å². The first-order chi connectivity index (χ1) is 19.3. The summed E-state index contributed by atoms with van der Waals surface area (Å²) in [5.41, 5.74) is 5.18. The van der Waals surface area contributed by atoms with Crippen molar-refractivity contribution >= 4 is 55.3 Å². The van der Waals surface area contributed by atoms with Crippen LogP contribution in [-0.4, -0.2) is 19.5 Å². The third kappa shape index (κ3) is 3.37. The Morgan fingerprint density at radius 2 is 1.15 bits per heavy atom. The highest BCUT2D eigenvalue weighted by Gasteiger charge is 2.22. The predicted octanol–water partition coefficient (Wildman–Crippen LogP) is 8.86. The van der Waals surface area contributed by atoms with E-state index in [2.05, 4.69) is 41.0 Å². The average molecular weight is 523 g/mol. The van der Waals surface area contributed by atoms with Gasteiger partial charge in [0.1, 0.15) is 11.2 Å². The normalized spacial score (nSPS) is 11.7. The van der Waals surface area contributed by atoms with Crippen LogP contribution in [0.5, 0.6) is 0 Å². The van der Waals surface area contributed by atoms with Crippen LogP contribution in [0.2, 0.25) is 5.02 Å². The van der Waals surface area contributed by atoms with Crippen LogP contribution < -0.4 is 0 Å². The van der Waals surface area contributed by atoms with Crippen LogP contribution in [0.25, 0.3) is 72.5 Å². The van der Waals surface area contributed by atoms with Gasteiger partial charge in [-0.2, -0.15) is 9.97 Å². The first-order valence-electron chi connectivity index (χ1n) is 12.7. The van der Waals surface area contributed by atoms with Crippen molar-refractivity contribution < 1.29 is 4.42 Å². The average Bonchev–Trinajstić information content (AvgIpc) is 3.53. The van der Waals surface area contributed by atoms with Crippen LogP contribution >= 0.6 is 11.6 Å². The first-order valence-corrected chi connectivity index (χ1v) is 13.0. The van der Waals surface area contributed by atoms with Crippen LogP contribution in [0.1, 0.15) is 0 Å². The lowest BCUT2D eigenvalue weighted by Gasteiger charge is -2.12. The number of nitrogens with zero attached hydrogens (tertiary/aromatic N) is 4. The minimum absolute atomic E-state index is 0.489. The van der Waals surface area contributed by atoms with Gasteiger partial charge in [-0.1, -0.05) is 96.5 Å². The molecule has 0 radical (unpaired) electrons. The molecule has 0 saturated carbocycles. The number of fused-ring (bicyclic) bond motifs is 6.